The van der Waals surface area contributed by atoms with Gasteiger partial charge in [-0.15, -0.1) is 0 Å². The number of amides is 2. The van der Waals surface area contributed by atoms with Crippen LogP contribution in [-0.4, -0.2) is 51.2 Å². The van der Waals surface area contributed by atoms with Crippen LogP contribution in [0.25, 0.3) is 0 Å². The number of aromatic carboxylic acids is 1. The molecule has 2 heterocycles. The second kappa shape index (κ2) is 5.37. The van der Waals surface area contributed by atoms with Crippen molar-refractivity contribution in [2.75, 3.05) is 13.2 Å². The number of hydrogen-bond acceptors (Lipinski definition) is 3. The summed E-state index contributed by atoms with van der Waals surface area (Å²) in [6.45, 7) is 1.61. The van der Waals surface area contributed by atoms with Crippen LogP contribution in [0.15, 0.2) is 18.2 Å². The van der Waals surface area contributed by atoms with Crippen LogP contribution in [0.3, 0.4) is 0 Å². The molecule has 21 heavy (non-hydrogen) atoms. The Kier molecular flexibility index (Phi) is 3.55. The van der Waals surface area contributed by atoms with Gasteiger partial charge in [-0.05, 0) is 36.1 Å². The number of aliphatic hydroxyl groups excluding tert-OH is 1. The van der Waals surface area contributed by atoms with Crippen molar-refractivity contribution in [3.63, 3.8) is 0 Å². The van der Waals surface area contributed by atoms with Crippen LogP contribution in [-0.2, 0) is 13.1 Å². The predicted octanol–water partition coefficient (Wildman–Crippen LogP) is 1.28. The third-order valence-electron chi connectivity index (χ3n) is 4.28. The summed E-state index contributed by atoms with van der Waals surface area (Å²) >= 11 is 0. The van der Waals surface area contributed by atoms with Crippen molar-refractivity contribution >= 4 is 12.0 Å². The van der Waals surface area contributed by atoms with Gasteiger partial charge < -0.3 is 20.0 Å². The Labute approximate surface area is 122 Å². The van der Waals surface area contributed by atoms with Crippen molar-refractivity contribution in [2.24, 2.45) is 0 Å². The first kappa shape index (κ1) is 13.9. The Morgan fingerprint density at radius 1 is 1.24 bits per heavy atom. The molecule has 0 bridgehead atoms. The molecule has 0 aromatic heterocycles. The Morgan fingerprint density at radius 2 is 2.00 bits per heavy atom. The van der Waals surface area contributed by atoms with Gasteiger partial charge in [0.15, 0.2) is 0 Å². The fourth-order valence-electron chi connectivity index (χ4n) is 3.12. The molecule has 0 saturated carbocycles. The fraction of sp³-hybridized carbons (Fsp3) is 0.467. The molecule has 3 rings (SSSR count). The summed E-state index contributed by atoms with van der Waals surface area (Å²) in [5.74, 6) is -0.956. The van der Waals surface area contributed by atoms with Crippen molar-refractivity contribution in [1.82, 2.24) is 9.80 Å². The Balaban J connectivity index is 1.75. The average Bonchev–Trinajstić information content (AvgIpc) is 3.11. The van der Waals surface area contributed by atoms with Gasteiger partial charge in [-0.3, -0.25) is 0 Å². The number of likely N-dealkylation sites (tertiary alicyclic amines) is 1. The van der Waals surface area contributed by atoms with E-state index in [9.17, 15) is 14.7 Å². The van der Waals surface area contributed by atoms with Crippen LogP contribution in [0.2, 0.25) is 0 Å². The highest BCUT2D eigenvalue weighted by Gasteiger charge is 2.33. The van der Waals surface area contributed by atoms with Crippen molar-refractivity contribution in [1.29, 1.82) is 0 Å². The number of carbonyl (C=O) groups excluding carboxylic acids is 1. The predicted molar refractivity (Wildman–Crippen MR) is 74.9 cm³/mol. The summed E-state index contributed by atoms with van der Waals surface area (Å²) in [7, 11) is 0. The number of hydrogen-bond donors (Lipinski definition) is 2. The number of carboxylic acid groups (broad SMARTS) is 1. The molecule has 0 radical (unpaired) electrons. The van der Waals surface area contributed by atoms with Crippen LogP contribution >= 0.6 is 0 Å². The molecule has 1 saturated heterocycles. The molecule has 2 aliphatic heterocycles. The molecule has 1 aromatic carbocycles. The summed E-state index contributed by atoms with van der Waals surface area (Å²) in [6.07, 6.45) is 1.76. The minimum atomic E-state index is -0.956. The van der Waals surface area contributed by atoms with Gasteiger partial charge in [0, 0.05) is 19.6 Å². The van der Waals surface area contributed by atoms with E-state index in [0.717, 1.165) is 24.0 Å². The van der Waals surface area contributed by atoms with E-state index in [2.05, 4.69) is 0 Å². The van der Waals surface area contributed by atoms with Crippen molar-refractivity contribution in [3.05, 3.63) is 34.9 Å². The van der Waals surface area contributed by atoms with Gasteiger partial charge in [0.25, 0.3) is 0 Å². The molecule has 2 aliphatic rings. The third-order valence-corrected chi connectivity index (χ3v) is 4.28. The lowest BCUT2D eigenvalue weighted by Crippen LogP contribution is -2.44. The van der Waals surface area contributed by atoms with Gasteiger partial charge in [-0.2, -0.15) is 0 Å². The maximum atomic E-state index is 12.5. The lowest BCUT2D eigenvalue weighted by Gasteiger charge is -2.28. The lowest BCUT2D eigenvalue weighted by molar-refractivity contribution is 0.0696. The van der Waals surface area contributed by atoms with E-state index in [4.69, 9.17) is 5.11 Å². The first-order chi connectivity index (χ1) is 10.1. The molecular formula is C15H18N2O4. The summed E-state index contributed by atoms with van der Waals surface area (Å²) in [5.41, 5.74) is 2.13. The molecule has 112 valence electrons. The smallest absolute Gasteiger partial charge is 0.335 e. The molecule has 2 amide bonds. The lowest BCUT2D eigenvalue weighted by atomic mass is 10.1. The zero-order valence-corrected chi connectivity index (χ0v) is 11.7. The number of benzene rings is 1. The molecule has 6 heteroatoms. The van der Waals surface area contributed by atoms with E-state index in [1.54, 1.807) is 28.0 Å². The van der Waals surface area contributed by atoms with E-state index >= 15 is 0 Å². The molecule has 1 atom stereocenters. The standard InChI is InChI=1S/C15H18N2O4/c18-9-13-2-1-5-17(13)15(21)16-7-11-4-3-10(14(19)20)6-12(11)8-16/h3-4,6,13,18H,1-2,5,7-9H2,(H,19,20). The number of carboxylic acids is 1. The van der Waals surface area contributed by atoms with E-state index in [-0.39, 0.29) is 24.2 Å². The van der Waals surface area contributed by atoms with Gasteiger partial charge in [-0.1, -0.05) is 6.07 Å². The zero-order valence-electron chi connectivity index (χ0n) is 11.7. The first-order valence-corrected chi connectivity index (χ1v) is 7.11. The Morgan fingerprint density at radius 3 is 2.71 bits per heavy atom. The van der Waals surface area contributed by atoms with Gasteiger partial charge >= 0.3 is 12.0 Å². The van der Waals surface area contributed by atoms with Crippen LogP contribution in [0, 0.1) is 0 Å². The van der Waals surface area contributed by atoms with E-state index in [0.29, 0.717) is 19.6 Å². The van der Waals surface area contributed by atoms with Crippen LogP contribution in [0.5, 0.6) is 0 Å². The number of rotatable bonds is 2. The second-order valence-electron chi connectivity index (χ2n) is 5.60. The molecule has 0 spiro atoms. The molecule has 2 N–H and O–H groups in total. The minimum absolute atomic E-state index is 0.00428. The van der Waals surface area contributed by atoms with Gasteiger partial charge in [0.05, 0.1) is 18.2 Å². The van der Waals surface area contributed by atoms with E-state index < -0.39 is 5.97 Å². The van der Waals surface area contributed by atoms with Crippen molar-refractivity contribution in [3.8, 4) is 0 Å². The molecule has 6 nitrogen and oxygen atoms in total. The number of aliphatic hydroxyl groups is 1. The van der Waals surface area contributed by atoms with E-state index in [1.807, 2.05) is 0 Å². The van der Waals surface area contributed by atoms with Gasteiger partial charge in [0.2, 0.25) is 0 Å². The van der Waals surface area contributed by atoms with Crippen molar-refractivity contribution in [2.45, 2.75) is 32.0 Å². The second-order valence-corrected chi connectivity index (χ2v) is 5.60. The highest BCUT2D eigenvalue weighted by atomic mass is 16.4. The van der Waals surface area contributed by atoms with Crippen LogP contribution in [0.4, 0.5) is 4.79 Å². The monoisotopic (exact) mass is 290 g/mol. The average molecular weight is 290 g/mol. The van der Waals surface area contributed by atoms with Crippen LogP contribution < -0.4 is 0 Å². The quantitative estimate of drug-likeness (QED) is 0.859. The Bertz CT molecular complexity index is 587. The summed E-state index contributed by atoms with van der Waals surface area (Å²) in [4.78, 5) is 27.0. The number of urea groups is 1. The highest BCUT2D eigenvalue weighted by molar-refractivity contribution is 5.88. The summed E-state index contributed by atoms with van der Waals surface area (Å²) in [6, 6.07) is 4.83. The Hall–Kier alpha value is -2.08. The topological polar surface area (TPSA) is 81.1 Å². The summed E-state index contributed by atoms with van der Waals surface area (Å²) < 4.78 is 0. The molecule has 1 fully saturated rings. The van der Waals surface area contributed by atoms with Gasteiger partial charge in [-0.25, -0.2) is 9.59 Å². The number of fused-ring (bicyclic) bond motifs is 1. The molecule has 1 aromatic rings. The molecule has 1 unspecified atom stereocenters. The van der Waals surface area contributed by atoms with E-state index in [1.165, 1.54) is 0 Å². The van der Waals surface area contributed by atoms with Crippen molar-refractivity contribution < 1.29 is 19.8 Å². The largest absolute Gasteiger partial charge is 0.478 e. The zero-order chi connectivity index (χ0) is 15.0. The van der Waals surface area contributed by atoms with Crippen LogP contribution in [0.1, 0.15) is 34.3 Å². The minimum Gasteiger partial charge on any atom is -0.478 e. The van der Waals surface area contributed by atoms with Gasteiger partial charge in [0.1, 0.15) is 0 Å². The normalized spacial score (nSPS) is 20.7. The fourth-order valence-corrected chi connectivity index (χ4v) is 3.12. The maximum absolute atomic E-state index is 12.5. The first-order valence-electron chi connectivity index (χ1n) is 7.11. The molecule has 0 aliphatic carbocycles. The number of nitrogens with zero attached hydrogens (tertiary/aromatic N) is 2. The molecular weight excluding hydrogens is 272 g/mol. The highest BCUT2D eigenvalue weighted by Crippen LogP contribution is 2.27. The number of carbonyl (C=O) groups is 2. The third kappa shape index (κ3) is 2.47. The summed E-state index contributed by atoms with van der Waals surface area (Å²) in [5, 5.41) is 18.3. The SMILES string of the molecule is O=C(O)c1ccc2c(c1)CN(C(=O)N1CCCC1CO)C2. The maximum Gasteiger partial charge on any atom is 0.335 e.